The molecule has 4 nitrogen and oxygen atoms in total. The van der Waals surface area contributed by atoms with Crippen molar-refractivity contribution < 1.29 is 0 Å². The molecule has 0 aliphatic heterocycles. The van der Waals surface area contributed by atoms with Gasteiger partial charge in [0.15, 0.2) is 0 Å². The molecule has 0 bridgehead atoms. The van der Waals surface area contributed by atoms with Gasteiger partial charge in [-0.3, -0.25) is 0 Å². The van der Waals surface area contributed by atoms with Crippen molar-refractivity contribution in [2.45, 2.75) is 39.7 Å². The average Bonchev–Trinajstić information content (AvgIpc) is 2.92. The number of hydrogen-bond acceptors (Lipinski definition) is 6. The summed E-state index contributed by atoms with van der Waals surface area (Å²) in [5.41, 5.74) is 7.85. The highest BCUT2D eigenvalue weighted by Crippen LogP contribution is 2.37. The molecule has 0 saturated carbocycles. The SMILES string of the molecule is CCC(CC)Nc1snc(N)c1-c1csc(C)n1. The fourth-order valence-corrected chi connectivity index (χ4v) is 3.21. The van der Waals surface area contributed by atoms with E-state index in [0.29, 0.717) is 11.9 Å². The topological polar surface area (TPSA) is 63.8 Å². The number of aryl methyl sites for hydroxylation is 1. The first-order valence-corrected chi connectivity index (χ1v) is 7.75. The Morgan fingerprint density at radius 1 is 1.39 bits per heavy atom. The highest BCUT2D eigenvalue weighted by Gasteiger charge is 2.17. The van der Waals surface area contributed by atoms with Gasteiger partial charge < -0.3 is 11.1 Å². The lowest BCUT2D eigenvalue weighted by atomic mass is 10.1. The van der Waals surface area contributed by atoms with E-state index in [0.717, 1.165) is 34.1 Å². The maximum atomic E-state index is 5.97. The molecule has 2 rings (SSSR count). The molecule has 98 valence electrons. The Balaban J connectivity index is 2.32. The molecule has 0 aliphatic carbocycles. The Labute approximate surface area is 115 Å². The van der Waals surface area contributed by atoms with Crippen LogP contribution in [0.3, 0.4) is 0 Å². The van der Waals surface area contributed by atoms with Gasteiger partial charge in [0.05, 0.1) is 16.3 Å². The predicted octanol–water partition coefficient (Wildman–Crippen LogP) is 3.76. The number of nitrogens with zero attached hydrogens (tertiary/aromatic N) is 2. The summed E-state index contributed by atoms with van der Waals surface area (Å²) in [5.74, 6) is 0.568. The highest BCUT2D eigenvalue weighted by atomic mass is 32.1. The van der Waals surface area contributed by atoms with Crippen molar-refractivity contribution in [1.29, 1.82) is 0 Å². The molecular weight excluding hydrogens is 264 g/mol. The molecule has 0 spiro atoms. The third-order valence-corrected chi connectivity index (χ3v) is 4.48. The van der Waals surface area contributed by atoms with Crippen molar-refractivity contribution in [1.82, 2.24) is 9.36 Å². The molecule has 3 N–H and O–H groups in total. The van der Waals surface area contributed by atoms with Crippen LogP contribution in [0.15, 0.2) is 5.38 Å². The summed E-state index contributed by atoms with van der Waals surface area (Å²) in [6.07, 6.45) is 2.17. The van der Waals surface area contributed by atoms with Gasteiger partial charge in [0.1, 0.15) is 10.8 Å². The minimum atomic E-state index is 0.461. The second kappa shape index (κ2) is 5.67. The second-order valence-electron chi connectivity index (χ2n) is 4.18. The van der Waals surface area contributed by atoms with E-state index in [4.69, 9.17) is 5.73 Å². The molecule has 18 heavy (non-hydrogen) atoms. The van der Waals surface area contributed by atoms with Crippen LogP contribution in [-0.4, -0.2) is 15.4 Å². The summed E-state index contributed by atoms with van der Waals surface area (Å²) in [7, 11) is 0. The molecule has 0 fully saturated rings. The molecule has 2 heterocycles. The lowest BCUT2D eigenvalue weighted by molar-refractivity contribution is 0.674. The first kappa shape index (κ1) is 13.3. The van der Waals surface area contributed by atoms with Gasteiger partial charge in [-0.25, -0.2) is 4.98 Å². The number of nitrogen functional groups attached to an aromatic ring is 1. The van der Waals surface area contributed by atoms with E-state index >= 15 is 0 Å². The first-order chi connectivity index (χ1) is 8.65. The number of rotatable bonds is 5. The number of aromatic nitrogens is 2. The maximum Gasteiger partial charge on any atom is 0.148 e. The summed E-state index contributed by atoms with van der Waals surface area (Å²) < 4.78 is 4.25. The lowest BCUT2D eigenvalue weighted by Gasteiger charge is -2.15. The number of nitrogens with one attached hydrogen (secondary N) is 1. The Kier molecular flexibility index (Phi) is 4.19. The molecule has 0 radical (unpaired) electrons. The standard InChI is InChI=1S/C12H18N4S2/c1-4-8(5-2)15-12-10(11(13)16-18-12)9-6-17-7(3)14-9/h6,8,15H,4-5H2,1-3H3,(H2,13,16). The average molecular weight is 282 g/mol. The van der Waals surface area contributed by atoms with Crippen molar-refractivity contribution in [3.63, 3.8) is 0 Å². The Hall–Kier alpha value is -1.14. The third-order valence-electron chi connectivity index (χ3n) is 2.91. The molecule has 0 amide bonds. The van der Waals surface area contributed by atoms with Gasteiger partial charge in [-0.05, 0) is 31.3 Å². The molecule has 2 aromatic heterocycles. The zero-order valence-corrected chi connectivity index (χ0v) is 12.5. The van der Waals surface area contributed by atoms with Gasteiger partial charge in [0.25, 0.3) is 0 Å². The van der Waals surface area contributed by atoms with E-state index in [1.54, 1.807) is 11.3 Å². The molecule has 0 aromatic carbocycles. The molecular formula is C12H18N4S2. The zero-order chi connectivity index (χ0) is 13.1. The second-order valence-corrected chi connectivity index (χ2v) is 6.02. The van der Waals surface area contributed by atoms with Crippen LogP contribution in [-0.2, 0) is 0 Å². The molecule has 2 aromatic rings. The van der Waals surface area contributed by atoms with Crippen LogP contribution in [0, 0.1) is 6.92 Å². The van der Waals surface area contributed by atoms with Gasteiger partial charge >= 0.3 is 0 Å². The smallest absolute Gasteiger partial charge is 0.148 e. The highest BCUT2D eigenvalue weighted by molar-refractivity contribution is 7.11. The lowest BCUT2D eigenvalue weighted by Crippen LogP contribution is -2.16. The monoisotopic (exact) mass is 282 g/mol. The summed E-state index contributed by atoms with van der Waals surface area (Å²) in [5, 5.41) is 7.63. The van der Waals surface area contributed by atoms with Gasteiger partial charge in [-0.2, -0.15) is 4.37 Å². The number of anilines is 2. The van der Waals surface area contributed by atoms with E-state index in [2.05, 4.69) is 28.5 Å². The molecule has 0 aliphatic rings. The van der Waals surface area contributed by atoms with Crippen molar-refractivity contribution >= 4 is 33.7 Å². The normalized spacial score (nSPS) is 11.1. The van der Waals surface area contributed by atoms with Crippen LogP contribution in [0.2, 0.25) is 0 Å². The number of hydrogen-bond donors (Lipinski definition) is 2. The maximum absolute atomic E-state index is 5.97. The van der Waals surface area contributed by atoms with Crippen molar-refractivity contribution in [3.8, 4) is 11.3 Å². The van der Waals surface area contributed by atoms with Crippen LogP contribution < -0.4 is 11.1 Å². The Morgan fingerprint density at radius 2 is 2.11 bits per heavy atom. The summed E-state index contributed by atoms with van der Waals surface area (Å²) in [6.45, 7) is 6.36. The molecule has 0 atom stereocenters. The van der Waals surface area contributed by atoms with E-state index < -0.39 is 0 Å². The predicted molar refractivity (Wildman–Crippen MR) is 80.4 cm³/mol. The van der Waals surface area contributed by atoms with E-state index in [-0.39, 0.29) is 0 Å². The van der Waals surface area contributed by atoms with E-state index in [1.807, 2.05) is 12.3 Å². The van der Waals surface area contributed by atoms with Gasteiger partial charge in [-0.1, -0.05) is 13.8 Å². The minimum absolute atomic E-state index is 0.461. The van der Waals surface area contributed by atoms with Crippen LogP contribution >= 0.6 is 22.9 Å². The van der Waals surface area contributed by atoms with Gasteiger partial charge in [-0.15, -0.1) is 11.3 Å². The fraction of sp³-hybridized carbons (Fsp3) is 0.500. The largest absolute Gasteiger partial charge is 0.382 e. The molecule has 0 unspecified atom stereocenters. The van der Waals surface area contributed by atoms with Gasteiger partial charge in [0.2, 0.25) is 0 Å². The van der Waals surface area contributed by atoms with Crippen molar-refractivity contribution in [2.75, 3.05) is 11.1 Å². The summed E-state index contributed by atoms with van der Waals surface area (Å²) >= 11 is 3.05. The fourth-order valence-electron chi connectivity index (χ4n) is 1.80. The number of thiazole rings is 1. The molecule has 0 saturated heterocycles. The Morgan fingerprint density at radius 3 is 2.67 bits per heavy atom. The zero-order valence-electron chi connectivity index (χ0n) is 10.9. The number of nitrogens with two attached hydrogens (primary N) is 1. The van der Waals surface area contributed by atoms with E-state index in [9.17, 15) is 0 Å². The summed E-state index contributed by atoms with van der Waals surface area (Å²) in [6, 6.07) is 0.461. The van der Waals surface area contributed by atoms with Gasteiger partial charge in [0, 0.05) is 11.4 Å². The molecule has 6 heteroatoms. The van der Waals surface area contributed by atoms with Crippen LogP contribution in [0.5, 0.6) is 0 Å². The third kappa shape index (κ3) is 2.64. The summed E-state index contributed by atoms with van der Waals surface area (Å²) in [4.78, 5) is 4.50. The Bertz CT molecular complexity index is 514. The van der Waals surface area contributed by atoms with Crippen molar-refractivity contribution in [2.24, 2.45) is 0 Å². The van der Waals surface area contributed by atoms with E-state index in [1.165, 1.54) is 11.5 Å². The minimum Gasteiger partial charge on any atom is -0.382 e. The van der Waals surface area contributed by atoms with Crippen LogP contribution in [0.1, 0.15) is 31.7 Å². The first-order valence-electron chi connectivity index (χ1n) is 6.09. The van der Waals surface area contributed by atoms with Crippen LogP contribution in [0.4, 0.5) is 10.8 Å². The van der Waals surface area contributed by atoms with Crippen molar-refractivity contribution in [3.05, 3.63) is 10.4 Å². The van der Waals surface area contributed by atoms with Crippen LogP contribution in [0.25, 0.3) is 11.3 Å². The quantitative estimate of drug-likeness (QED) is 0.876.